The summed E-state index contributed by atoms with van der Waals surface area (Å²) in [6, 6.07) is 3.10. The van der Waals surface area contributed by atoms with Crippen LogP contribution < -0.4 is 10.6 Å². The molecule has 10 nitrogen and oxygen atoms in total. The number of nitrogens with one attached hydrogen (secondary N) is 2. The van der Waals surface area contributed by atoms with E-state index in [9.17, 15) is 23.6 Å². The lowest BCUT2D eigenvalue weighted by Gasteiger charge is -2.32. The number of amides is 4. The van der Waals surface area contributed by atoms with Gasteiger partial charge in [-0.25, -0.2) is 4.39 Å². The minimum Gasteiger partial charge on any atom is -0.355 e. The lowest BCUT2D eigenvalue weighted by molar-refractivity contribution is -0.126. The van der Waals surface area contributed by atoms with E-state index in [1.54, 1.807) is 13.1 Å². The number of nitrogens with zero attached hydrogens (tertiary/aromatic N) is 4. The summed E-state index contributed by atoms with van der Waals surface area (Å²) in [5, 5.41) is 10.1. The normalized spacial score (nSPS) is 21.4. The van der Waals surface area contributed by atoms with Crippen molar-refractivity contribution in [2.45, 2.75) is 51.6 Å². The van der Waals surface area contributed by atoms with E-state index in [0.717, 1.165) is 5.56 Å². The molecule has 0 aliphatic carbocycles. The summed E-state index contributed by atoms with van der Waals surface area (Å²) < 4.78 is 16.1. The van der Waals surface area contributed by atoms with E-state index in [0.29, 0.717) is 38.8 Å². The van der Waals surface area contributed by atoms with Gasteiger partial charge in [-0.05, 0) is 49.3 Å². The van der Waals surface area contributed by atoms with Crippen molar-refractivity contribution in [3.8, 4) is 0 Å². The average molecular weight is 561 g/mol. The van der Waals surface area contributed by atoms with Gasteiger partial charge in [-0.2, -0.15) is 5.10 Å². The van der Waals surface area contributed by atoms with Gasteiger partial charge in [-0.15, -0.1) is 0 Å². The highest BCUT2D eigenvalue weighted by Gasteiger charge is 2.37. The number of rotatable bonds is 2. The van der Waals surface area contributed by atoms with Crippen molar-refractivity contribution >= 4 is 35.2 Å². The van der Waals surface area contributed by atoms with Crippen molar-refractivity contribution in [2.24, 2.45) is 13.0 Å². The van der Waals surface area contributed by atoms with Gasteiger partial charge in [0.25, 0.3) is 11.8 Å². The van der Waals surface area contributed by atoms with Gasteiger partial charge in [0.2, 0.25) is 11.8 Å². The molecule has 2 aromatic rings. The van der Waals surface area contributed by atoms with Crippen LogP contribution in [-0.4, -0.2) is 81.5 Å². The third kappa shape index (κ3) is 6.58. The predicted molar refractivity (Wildman–Crippen MR) is 143 cm³/mol. The van der Waals surface area contributed by atoms with E-state index < -0.39 is 29.7 Å². The van der Waals surface area contributed by atoms with Crippen molar-refractivity contribution < 1.29 is 23.6 Å². The molecule has 39 heavy (non-hydrogen) atoms. The fourth-order valence-electron chi connectivity index (χ4n) is 4.99. The van der Waals surface area contributed by atoms with Crippen LogP contribution in [0.15, 0.2) is 24.4 Å². The molecule has 1 aromatic heterocycles. The van der Waals surface area contributed by atoms with Gasteiger partial charge in [0, 0.05) is 38.9 Å². The van der Waals surface area contributed by atoms with Gasteiger partial charge in [-0.1, -0.05) is 31.5 Å². The molecule has 1 saturated heterocycles. The van der Waals surface area contributed by atoms with Gasteiger partial charge < -0.3 is 20.4 Å². The highest BCUT2D eigenvalue weighted by molar-refractivity contribution is 6.33. The summed E-state index contributed by atoms with van der Waals surface area (Å²) in [4.78, 5) is 55.9. The molecule has 210 valence electrons. The maximum Gasteiger partial charge on any atom is 0.276 e. The molecule has 1 aromatic carbocycles. The molecule has 2 bridgehead atoms. The molecule has 2 aliphatic rings. The third-order valence-corrected chi connectivity index (χ3v) is 7.48. The lowest BCUT2D eigenvalue weighted by Crippen LogP contribution is -2.55. The second-order valence-electron chi connectivity index (χ2n) is 10.5. The van der Waals surface area contributed by atoms with Crippen LogP contribution >= 0.6 is 11.6 Å². The van der Waals surface area contributed by atoms with Crippen molar-refractivity contribution in [2.75, 3.05) is 26.2 Å². The minimum absolute atomic E-state index is 0.0144. The van der Waals surface area contributed by atoms with Gasteiger partial charge in [0.05, 0.1) is 17.1 Å². The van der Waals surface area contributed by atoms with Crippen molar-refractivity contribution in [1.29, 1.82) is 0 Å². The molecule has 0 radical (unpaired) electrons. The van der Waals surface area contributed by atoms with Crippen LogP contribution in [0.3, 0.4) is 0 Å². The van der Waals surface area contributed by atoms with Crippen molar-refractivity contribution in [3.05, 3.63) is 52.1 Å². The molecule has 4 amide bonds. The Morgan fingerprint density at radius 1 is 1.21 bits per heavy atom. The van der Waals surface area contributed by atoms with E-state index in [1.807, 2.05) is 13.8 Å². The first-order chi connectivity index (χ1) is 18.5. The second-order valence-corrected chi connectivity index (χ2v) is 10.9. The fourth-order valence-corrected chi connectivity index (χ4v) is 5.25. The second kappa shape index (κ2) is 12.1. The monoisotopic (exact) mass is 560 g/mol. The Balaban J connectivity index is 1.66. The quantitative estimate of drug-likeness (QED) is 0.584. The maximum absolute atomic E-state index is 14.7. The van der Waals surface area contributed by atoms with Crippen molar-refractivity contribution in [1.82, 2.24) is 30.2 Å². The van der Waals surface area contributed by atoms with E-state index >= 15 is 0 Å². The molecule has 0 unspecified atom stereocenters. The minimum atomic E-state index is -0.768. The van der Waals surface area contributed by atoms with E-state index in [1.165, 1.54) is 32.8 Å². The van der Waals surface area contributed by atoms with Crippen LogP contribution in [-0.2, 0) is 23.1 Å². The third-order valence-electron chi connectivity index (χ3n) is 7.20. The van der Waals surface area contributed by atoms with Crippen LogP contribution in [0.1, 0.15) is 59.5 Å². The van der Waals surface area contributed by atoms with Crippen molar-refractivity contribution in [3.63, 3.8) is 0 Å². The summed E-state index contributed by atoms with van der Waals surface area (Å²) in [6.45, 7) is 4.22. The Hall–Kier alpha value is -3.47. The standard InChI is InChI=1S/C27H34ClFN6O4/c1-16(2)21-14-34(27(39)24-19(28)13-33(3)32-24)15-23(36)30-10-4-6-17-8-9-20(29)18(12-17)26(38)35-11-5-7-22(35)25(37)31-21/h8-9,12-13,16,21-22H,4-7,10-11,14-15H2,1-3H3,(H,30,36)(H,31,37)/t21-,22-/m0/s1. The molecule has 12 heteroatoms. The first kappa shape index (κ1) is 28.5. The zero-order chi connectivity index (χ0) is 28.3. The predicted octanol–water partition coefficient (Wildman–Crippen LogP) is 2.16. The van der Waals surface area contributed by atoms with Crippen LogP contribution in [0.4, 0.5) is 4.39 Å². The Morgan fingerprint density at radius 3 is 2.67 bits per heavy atom. The number of fused-ring (bicyclic) bond motifs is 3. The van der Waals surface area contributed by atoms with Crippen LogP contribution in [0.5, 0.6) is 0 Å². The Labute approximate surface area is 231 Å². The van der Waals surface area contributed by atoms with Gasteiger partial charge in [-0.3, -0.25) is 23.9 Å². The number of halogens is 2. The molecule has 0 saturated carbocycles. The first-order valence-corrected chi connectivity index (χ1v) is 13.6. The van der Waals surface area contributed by atoms with Gasteiger partial charge in [0.1, 0.15) is 11.9 Å². The number of hydrogen-bond donors (Lipinski definition) is 2. The Kier molecular flexibility index (Phi) is 8.89. The Bertz CT molecular complexity index is 1260. The smallest absolute Gasteiger partial charge is 0.276 e. The molecule has 2 aliphatic heterocycles. The zero-order valence-electron chi connectivity index (χ0n) is 22.4. The number of aromatic nitrogens is 2. The number of carbonyl (C=O) groups is 4. The van der Waals surface area contributed by atoms with Crippen LogP contribution in [0, 0.1) is 11.7 Å². The summed E-state index contributed by atoms with van der Waals surface area (Å²) in [5.74, 6) is -2.56. The average Bonchev–Trinajstić information content (AvgIpc) is 3.51. The highest BCUT2D eigenvalue weighted by atomic mass is 35.5. The number of aryl methyl sites for hydroxylation is 2. The Morgan fingerprint density at radius 2 is 1.97 bits per heavy atom. The number of benzene rings is 1. The number of carbonyl (C=O) groups excluding carboxylic acids is 4. The van der Waals surface area contributed by atoms with Crippen LogP contribution in [0.25, 0.3) is 0 Å². The molecule has 2 atom stereocenters. The molecule has 0 spiro atoms. The van der Waals surface area contributed by atoms with Crippen LogP contribution in [0.2, 0.25) is 5.02 Å². The number of hydrogen-bond acceptors (Lipinski definition) is 5. The van der Waals surface area contributed by atoms with E-state index in [4.69, 9.17) is 11.6 Å². The summed E-state index contributed by atoms with van der Waals surface area (Å²) in [6.07, 6.45) is 3.61. The molecule has 4 rings (SSSR count). The zero-order valence-corrected chi connectivity index (χ0v) is 23.1. The molecule has 3 heterocycles. The molecule has 1 fully saturated rings. The molecular formula is C27H34ClFN6O4. The highest BCUT2D eigenvalue weighted by Crippen LogP contribution is 2.24. The van der Waals surface area contributed by atoms with Gasteiger partial charge in [0.15, 0.2) is 5.69 Å². The lowest BCUT2D eigenvalue weighted by atomic mass is 10.0. The fraction of sp³-hybridized carbons (Fsp3) is 0.519. The van der Waals surface area contributed by atoms with E-state index in [-0.39, 0.29) is 47.1 Å². The maximum atomic E-state index is 14.7. The summed E-state index contributed by atoms with van der Waals surface area (Å²) >= 11 is 6.23. The topological polar surface area (TPSA) is 117 Å². The SMILES string of the molecule is CC(C)[C@@H]1CN(C(=O)c2nn(C)cc2Cl)CC(=O)NCCCc2ccc(F)c(c2)C(=O)N2CCC[C@H]2C(=O)N1. The van der Waals surface area contributed by atoms with E-state index in [2.05, 4.69) is 15.7 Å². The first-order valence-electron chi connectivity index (χ1n) is 13.2. The summed E-state index contributed by atoms with van der Waals surface area (Å²) in [5.41, 5.74) is 0.700. The molecule has 2 N–H and O–H groups in total. The summed E-state index contributed by atoms with van der Waals surface area (Å²) in [7, 11) is 1.64. The largest absolute Gasteiger partial charge is 0.355 e. The molecular weight excluding hydrogens is 527 g/mol. The van der Waals surface area contributed by atoms with Gasteiger partial charge >= 0.3 is 0 Å².